The van der Waals surface area contributed by atoms with Crippen LogP contribution in [0.3, 0.4) is 0 Å². The van der Waals surface area contributed by atoms with Crippen LogP contribution in [0.1, 0.15) is 5.56 Å². The number of phenolic OH excluding ortho intramolecular Hbond substituents is 1. The molecule has 0 atom stereocenters. The quantitative estimate of drug-likeness (QED) is 0.773. The molecule has 2 N–H and O–H groups in total. The Balaban J connectivity index is 3.17. The molecular weight excluding hydrogens is 199 g/mol. The Hall–Kier alpha value is -1.29. The maximum atomic E-state index is 12.9. The fraction of sp³-hybridized carbons (Fsp3) is 0.125. The smallest absolute Gasteiger partial charge is 0.307 e. The van der Waals surface area contributed by atoms with Crippen LogP contribution in [0.15, 0.2) is 12.1 Å². The fourth-order valence-electron chi connectivity index (χ4n) is 0.899. The number of hydrogen-bond donors (Lipinski definition) is 2. The minimum Gasteiger partial charge on any atom is -0.506 e. The zero-order chi connectivity index (χ0) is 10.0. The minimum atomic E-state index is -1.20. The van der Waals surface area contributed by atoms with Gasteiger partial charge < -0.3 is 10.2 Å². The van der Waals surface area contributed by atoms with Crippen molar-refractivity contribution in [3.8, 4) is 5.75 Å². The zero-order valence-corrected chi connectivity index (χ0v) is 7.18. The number of carboxylic acids is 1. The van der Waals surface area contributed by atoms with Crippen molar-refractivity contribution in [2.45, 2.75) is 6.42 Å². The Labute approximate surface area is 78.4 Å². The molecule has 0 unspecified atom stereocenters. The molecule has 0 aliphatic heterocycles. The highest BCUT2D eigenvalue weighted by molar-refractivity contribution is 6.32. The predicted octanol–water partition coefficient (Wildman–Crippen LogP) is 1.81. The minimum absolute atomic E-state index is 0.200. The molecule has 0 radical (unpaired) electrons. The van der Waals surface area contributed by atoms with Crippen LogP contribution in [-0.4, -0.2) is 16.2 Å². The summed E-state index contributed by atoms with van der Waals surface area (Å²) in [7, 11) is 0. The number of rotatable bonds is 2. The molecule has 0 bridgehead atoms. The molecule has 13 heavy (non-hydrogen) atoms. The van der Waals surface area contributed by atoms with Crippen molar-refractivity contribution in [2.75, 3.05) is 0 Å². The van der Waals surface area contributed by atoms with Crippen molar-refractivity contribution in [1.82, 2.24) is 0 Å². The Morgan fingerprint density at radius 2 is 2.15 bits per heavy atom. The highest BCUT2D eigenvalue weighted by Crippen LogP contribution is 2.29. The first-order valence-electron chi connectivity index (χ1n) is 3.40. The first kappa shape index (κ1) is 9.80. The van der Waals surface area contributed by atoms with Crippen molar-refractivity contribution in [2.24, 2.45) is 0 Å². The molecule has 0 aliphatic rings. The number of carboxylic acid groups (broad SMARTS) is 1. The van der Waals surface area contributed by atoms with Gasteiger partial charge in [0.2, 0.25) is 0 Å². The molecule has 3 nitrogen and oxygen atoms in total. The Bertz CT molecular complexity index is 351. The second kappa shape index (κ2) is 3.62. The molecule has 5 heteroatoms. The fourth-order valence-corrected chi connectivity index (χ4v) is 1.12. The largest absolute Gasteiger partial charge is 0.506 e. The summed E-state index contributed by atoms with van der Waals surface area (Å²) < 4.78 is 12.9. The van der Waals surface area contributed by atoms with Crippen LogP contribution < -0.4 is 0 Å². The Morgan fingerprint density at radius 1 is 1.54 bits per heavy atom. The summed E-state index contributed by atoms with van der Waals surface area (Å²) in [6, 6.07) is 2.04. The summed E-state index contributed by atoms with van der Waals surface area (Å²) in [5.74, 6) is -2.25. The van der Waals surface area contributed by atoms with Gasteiger partial charge in [0.15, 0.2) is 0 Å². The van der Waals surface area contributed by atoms with E-state index in [0.29, 0.717) is 0 Å². The number of aliphatic carboxylic acids is 1. The highest BCUT2D eigenvalue weighted by Gasteiger charge is 2.13. The lowest BCUT2D eigenvalue weighted by Gasteiger charge is -2.04. The maximum absolute atomic E-state index is 12.9. The molecule has 0 spiro atoms. The monoisotopic (exact) mass is 204 g/mol. The van der Waals surface area contributed by atoms with Gasteiger partial charge in [-0.3, -0.25) is 4.79 Å². The number of aromatic hydroxyl groups is 1. The van der Waals surface area contributed by atoms with Crippen LogP contribution in [-0.2, 0) is 11.2 Å². The summed E-state index contributed by atoms with van der Waals surface area (Å²) in [5.41, 5.74) is -0.200. The van der Waals surface area contributed by atoms with Gasteiger partial charge in [0.25, 0.3) is 0 Å². The van der Waals surface area contributed by atoms with Gasteiger partial charge in [-0.15, -0.1) is 0 Å². The van der Waals surface area contributed by atoms with Crippen LogP contribution >= 0.6 is 11.6 Å². The van der Waals surface area contributed by atoms with Gasteiger partial charge in [0.05, 0.1) is 11.4 Å². The van der Waals surface area contributed by atoms with Crippen LogP contribution in [0.5, 0.6) is 5.75 Å². The van der Waals surface area contributed by atoms with Crippen molar-refractivity contribution in [3.05, 3.63) is 28.5 Å². The third kappa shape index (κ3) is 2.09. The first-order chi connectivity index (χ1) is 6.02. The third-order valence-electron chi connectivity index (χ3n) is 1.49. The summed E-state index contributed by atoms with van der Waals surface area (Å²) in [6.07, 6.45) is -0.543. The Kier molecular flexibility index (Phi) is 2.72. The lowest BCUT2D eigenvalue weighted by atomic mass is 10.1. The average Bonchev–Trinajstić information content (AvgIpc) is 2.05. The number of hydrogen-bond acceptors (Lipinski definition) is 2. The van der Waals surface area contributed by atoms with Crippen molar-refractivity contribution >= 4 is 17.6 Å². The van der Waals surface area contributed by atoms with Crippen molar-refractivity contribution in [1.29, 1.82) is 0 Å². The zero-order valence-electron chi connectivity index (χ0n) is 6.42. The van der Waals surface area contributed by atoms with E-state index in [1.165, 1.54) is 0 Å². The van der Waals surface area contributed by atoms with Crippen LogP contribution in [0.25, 0.3) is 0 Å². The third-order valence-corrected chi connectivity index (χ3v) is 1.92. The molecule has 1 aromatic rings. The van der Waals surface area contributed by atoms with E-state index >= 15 is 0 Å². The molecule has 0 aromatic heterocycles. The molecule has 1 aromatic carbocycles. The van der Waals surface area contributed by atoms with E-state index in [9.17, 15) is 9.18 Å². The first-order valence-corrected chi connectivity index (χ1v) is 3.78. The topological polar surface area (TPSA) is 57.5 Å². The van der Waals surface area contributed by atoms with E-state index in [1.54, 1.807) is 0 Å². The van der Waals surface area contributed by atoms with E-state index in [1.807, 2.05) is 0 Å². The average molecular weight is 205 g/mol. The molecule has 0 fully saturated rings. The molecule has 1 rings (SSSR count). The summed E-state index contributed by atoms with van der Waals surface area (Å²) in [6.45, 7) is 0. The van der Waals surface area contributed by atoms with Crippen LogP contribution in [0, 0.1) is 5.82 Å². The summed E-state index contributed by atoms with van der Waals surface area (Å²) in [5, 5.41) is 17.2. The second-order valence-corrected chi connectivity index (χ2v) is 2.81. The maximum Gasteiger partial charge on any atom is 0.307 e. The highest BCUT2D eigenvalue weighted by atomic mass is 35.5. The van der Waals surface area contributed by atoms with Crippen LogP contribution in [0.4, 0.5) is 4.39 Å². The van der Waals surface area contributed by atoms with E-state index in [-0.39, 0.29) is 16.3 Å². The van der Waals surface area contributed by atoms with Gasteiger partial charge in [0.1, 0.15) is 11.6 Å². The normalized spacial score (nSPS) is 10.0. The van der Waals surface area contributed by atoms with Gasteiger partial charge in [0, 0.05) is 5.56 Å². The van der Waals surface area contributed by atoms with Crippen LogP contribution in [0.2, 0.25) is 5.02 Å². The standard InChI is InChI=1S/C8H6ClFO3/c9-8-4(3-7(12)13)5(10)1-2-6(8)11/h1-2,11H,3H2,(H,12,13). The molecule has 70 valence electrons. The van der Waals surface area contributed by atoms with E-state index in [4.69, 9.17) is 21.8 Å². The summed E-state index contributed by atoms with van der Waals surface area (Å²) >= 11 is 5.49. The molecule has 0 saturated heterocycles. The number of phenols is 1. The van der Waals surface area contributed by atoms with E-state index in [0.717, 1.165) is 12.1 Å². The van der Waals surface area contributed by atoms with Crippen molar-refractivity contribution < 1.29 is 19.4 Å². The number of benzene rings is 1. The van der Waals surface area contributed by atoms with Crippen molar-refractivity contribution in [3.63, 3.8) is 0 Å². The molecule has 0 aliphatic carbocycles. The lowest BCUT2D eigenvalue weighted by Crippen LogP contribution is -2.03. The SMILES string of the molecule is O=C(O)Cc1c(F)ccc(O)c1Cl. The lowest BCUT2D eigenvalue weighted by molar-refractivity contribution is -0.136. The predicted molar refractivity (Wildman–Crippen MR) is 44.4 cm³/mol. The van der Waals surface area contributed by atoms with Gasteiger partial charge in [-0.05, 0) is 12.1 Å². The number of carbonyl (C=O) groups is 1. The molecular formula is C8H6ClFO3. The molecule has 0 heterocycles. The Morgan fingerprint density at radius 3 is 2.69 bits per heavy atom. The molecule has 0 amide bonds. The van der Waals surface area contributed by atoms with E-state index in [2.05, 4.69) is 0 Å². The van der Waals surface area contributed by atoms with Gasteiger partial charge >= 0.3 is 5.97 Å². The number of halogens is 2. The van der Waals surface area contributed by atoms with Gasteiger partial charge in [-0.2, -0.15) is 0 Å². The van der Waals surface area contributed by atoms with Gasteiger partial charge in [-0.1, -0.05) is 11.6 Å². The summed E-state index contributed by atoms with van der Waals surface area (Å²) in [4.78, 5) is 10.3. The van der Waals surface area contributed by atoms with Gasteiger partial charge in [-0.25, -0.2) is 4.39 Å². The molecule has 0 saturated carbocycles. The van der Waals surface area contributed by atoms with E-state index < -0.39 is 18.2 Å². The second-order valence-electron chi connectivity index (χ2n) is 2.43.